The summed E-state index contributed by atoms with van der Waals surface area (Å²) in [6, 6.07) is 20.0. The molecule has 1 aromatic heterocycles. The summed E-state index contributed by atoms with van der Waals surface area (Å²) in [5.41, 5.74) is 4.97. The third kappa shape index (κ3) is 4.16. The minimum Gasteiger partial charge on any atom is -0.455 e. The molecule has 1 heterocycles. The second-order valence-electron chi connectivity index (χ2n) is 8.30. The Morgan fingerprint density at radius 3 is 2.56 bits per heavy atom. The second kappa shape index (κ2) is 9.24. The van der Waals surface area contributed by atoms with Crippen molar-refractivity contribution in [2.75, 3.05) is 12.4 Å². The van der Waals surface area contributed by atoms with Gasteiger partial charge in [-0.2, -0.15) is 5.26 Å². The Morgan fingerprint density at radius 1 is 1.06 bits per heavy atom. The number of nitriles is 1. The van der Waals surface area contributed by atoms with Gasteiger partial charge in [0, 0.05) is 29.4 Å². The molecule has 0 fully saturated rings. The molecule has 4 rings (SSSR count). The van der Waals surface area contributed by atoms with Crippen molar-refractivity contribution in [2.45, 2.75) is 26.8 Å². The van der Waals surface area contributed by atoms with Crippen LogP contribution in [0.1, 0.15) is 45.6 Å². The fourth-order valence-corrected chi connectivity index (χ4v) is 4.15. The highest BCUT2D eigenvalue weighted by molar-refractivity contribution is 5.99. The van der Waals surface area contributed by atoms with Gasteiger partial charge in [-0.1, -0.05) is 30.3 Å². The summed E-state index contributed by atoms with van der Waals surface area (Å²) in [4.78, 5) is 25.7. The van der Waals surface area contributed by atoms with Gasteiger partial charge in [-0.05, 0) is 56.7 Å². The molecule has 0 saturated carbocycles. The van der Waals surface area contributed by atoms with Gasteiger partial charge >= 0.3 is 0 Å². The van der Waals surface area contributed by atoms with Gasteiger partial charge in [-0.15, -0.1) is 0 Å². The third-order valence-corrected chi connectivity index (χ3v) is 5.88. The van der Waals surface area contributed by atoms with Crippen LogP contribution in [0.15, 0.2) is 69.9 Å². The highest BCUT2D eigenvalue weighted by Gasteiger charge is 2.20. The maximum absolute atomic E-state index is 13.3. The monoisotopic (exact) mass is 451 g/mol. The minimum atomic E-state index is -0.266. The Labute approximate surface area is 197 Å². The average Bonchev–Trinajstić information content (AvgIpc) is 2.85. The van der Waals surface area contributed by atoms with Crippen LogP contribution in [0.25, 0.3) is 22.3 Å². The van der Waals surface area contributed by atoms with E-state index in [9.17, 15) is 14.9 Å². The van der Waals surface area contributed by atoms with E-state index in [1.807, 2.05) is 50.2 Å². The number of nitrogens with one attached hydrogen (secondary N) is 2. The van der Waals surface area contributed by atoms with Gasteiger partial charge in [-0.25, -0.2) is 0 Å². The first-order valence-corrected chi connectivity index (χ1v) is 11.0. The lowest BCUT2D eigenvalue weighted by Gasteiger charge is -2.20. The molecule has 170 valence electrons. The molecule has 34 heavy (non-hydrogen) atoms. The third-order valence-electron chi connectivity index (χ3n) is 5.88. The summed E-state index contributed by atoms with van der Waals surface area (Å²) in [5.74, 6) is 0.254. The quantitative estimate of drug-likeness (QED) is 0.419. The molecule has 0 radical (unpaired) electrons. The van der Waals surface area contributed by atoms with Crippen LogP contribution in [-0.4, -0.2) is 13.0 Å². The van der Waals surface area contributed by atoms with Crippen LogP contribution < -0.4 is 16.1 Å². The molecule has 6 nitrogen and oxygen atoms in total. The van der Waals surface area contributed by atoms with E-state index in [0.29, 0.717) is 44.7 Å². The number of amides is 1. The van der Waals surface area contributed by atoms with Crippen LogP contribution in [0.3, 0.4) is 0 Å². The van der Waals surface area contributed by atoms with E-state index in [0.717, 1.165) is 11.1 Å². The van der Waals surface area contributed by atoms with E-state index < -0.39 is 0 Å². The molecule has 0 spiro atoms. The molecule has 1 atom stereocenters. The number of benzene rings is 3. The Balaban J connectivity index is 1.88. The predicted molar refractivity (Wildman–Crippen MR) is 134 cm³/mol. The zero-order valence-electron chi connectivity index (χ0n) is 19.5. The summed E-state index contributed by atoms with van der Waals surface area (Å²) in [6.07, 6.45) is 0. The lowest BCUT2D eigenvalue weighted by molar-refractivity contribution is 0.0964. The van der Waals surface area contributed by atoms with Gasteiger partial charge in [0.25, 0.3) is 5.91 Å². The van der Waals surface area contributed by atoms with Gasteiger partial charge in [0.1, 0.15) is 11.3 Å². The zero-order chi connectivity index (χ0) is 24.4. The smallest absolute Gasteiger partial charge is 0.253 e. The second-order valence-corrected chi connectivity index (χ2v) is 8.30. The Hall–Kier alpha value is -4.37. The summed E-state index contributed by atoms with van der Waals surface area (Å²) in [6.45, 7) is 5.64. The lowest BCUT2D eigenvalue weighted by atomic mass is 9.98. The molecule has 4 aromatic rings. The molecule has 0 bridgehead atoms. The van der Waals surface area contributed by atoms with Crippen LogP contribution in [0.5, 0.6) is 0 Å². The van der Waals surface area contributed by atoms with Gasteiger partial charge in [0.2, 0.25) is 0 Å². The Bertz CT molecular complexity index is 1510. The molecule has 0 aliphatic rings. The van der Waals surface area contributed by atoms with Crippen LogP contribution >= 0.6 is 0 Å². The van der Waals surface area contributed by atoms with Crippen molar-refractivity contribution in [1.82, 2.24) is 5.32 Å². The molecule has 3 aromatic carbocycles. The van der Waals surface area contributed by atoms with Crippen molar-refractivity contribution in [2.24, 2.45) is 0 Å². The van der Waals surface area contributed by atoms with Crippen molar-refractivity contribution in [3.63, 3.8) is 0 Å². The van der Waals surface area contributed by atoms with Crippen molar-refractivity contribution in [3.8, 4) is 17.4 Å². The fourth-order valence-electron chi connectivity index (χ4n) is 4.15. The SMILES string of the molecule is CNC(=O)c1ccccc1N[C@H](C)c1cc(C)cc2c(=O)c(C)c(-c3cccc(C#N)c3)oc12. The number of hydrogen-bond donors (Lipinski definition) is 2. The van der Waals surface area contributed by atoms with E-state index in [1.165, 1.54) is 0 Å². The zero-order valence-corrected chi connectivity index (χ0v) is 19.5. The number of fused-ring (bicyclic) bond motifs is 1. The molecule has 2 N–H and O–H groups in total. The average molecular weight is 452 g/mol. The molecular formula is C28H25N3O3. The molecule has 0 saturated heterocycles. The molecule has 0 unspecified atom stereocenters. The van der Waals surface area contributed by atoms with Gasteiger partial charge in [0.15, 0.2) is 5.43 Å². The van der Waals surface area contributed by atoms with Crippen molar-refractivity contribution >= 4 is 22.6 Å². The van der Waals surface area contributed by atoms with E-state index in [-0.39, 0.29) is 17.4 Å². The van der Waals surface area contributed by atoms with E-state index in [4.69, 9.17) is 4.42 Å². The maximum atomic E-state index is 13.3. The summed E-state index contributed by atoms with van der Waals surface area (Å²) < 4.78 is 6.37. The van der Waals surface area contributed by atoms with Crippen LogP contribution in [0.4, 0.5) is 5.69 Å². The predicted octanol–water partition coefficient (Wildman–Crippen LogP) is 5.48. The number of aryl methyl sites for hydroxylation is 1. The van der Waals surface area contributed by atoms with Crippen molar-refractivity contribution in [3.05, 3.63) is 98.7 Å². The van der Waals surface area contributed by atoms with Crippen molar-refractivity contribution < 1.29 is 9.21 Å². The van der Waals surface area contributed by atoms with Crippen LogP contribution in [0, 0.1) is 25.2 Å². The lowest BCUT2D eigenvalue weighted by Crippen LogP contribution is -2.20. The molecule has 1 amide bonds. The number of rotatable bonds is 5. The van der Waals surface area contributed by atoms with E-state index in [2.05, 4.69) is 16.7 Å². The standard InChI is InChI=1S/C28H25N3O3/c1-16-12-22(18(3)31-24-11-6-5-10-21(24)28(33)30-4)27-23(13-16)25(32)17(2)26(34-27)20-9-7-8-19(14-20)15-29/h5-14,18,31H,1-4H3,(H,30,33)/t18-/m1/s1. The number of anilines is 1. The van der Waals surface area contributed by atoms with E-state index in [1.54, 1.807) is 38.2 Å². The molecule has 0 aliphatic heterocycles. The van der Waals surface area contributed by atoms with Crippen LogP contribution in [0.2, 0.25) is 0 Å². The summed E-state index contributed by atoms with van der Waals surface area (Å²) in [5, 5.41) is 15.9. The Morgan fingerprint density at radius 2 is 1.82 bits per heavy atom. The molecule has 0 aliphatic carbocycles. The van der Waals surface area contributed by atoms with Crippen molar-refractivity contribution in [1.29, 1.82) is 5.26 Å². The van der Waals surface area contributed by atoms with Gasteiger partial charge < -0.3 is 15.1 Å². The number of nitrogens with zero attached hydrogens (tertiary/aromatic N) is 1. The van der Waals surface area contributed by atoms with E-state index >= 15 is 0 Å². The topological polar surface area (TPSA) is 95.1 Å². The normalized spacial score (nSPS) is 11.6. The maximum Gasteiger partial charge on any atom is 0.253 e. The first-order valence-electron chi connectivity index (χ1n) is 11.0. The highest BCUT2D eigenvalue weighted by atomic mass is 16.3. The minimum absolute atomic E-state index is 0.110. The van der Waals surface area contributed by atoms with Crippen LogP contribution in [-0.2, 0) is 0 Å². The first-order chi connectivity index (χ1) is 16.3. The Kier molecular flexibility index (Phi) is 6.20. The largest absolute Gasteiger partial charge is 0.455 e. The number of carbonyl (C=O) groups excluding carboxylic acids is 1. The van der Waals surface area contributed by atoms with Gasteiger partial charge in [-0.3, -0.25) is 9.59 Å². The summed E-state index contributed by atoms with van der Waals surface area (Å²) >= 11 is 0. The summed E-state index contributed by atoms with van der Waals surface area (Å²) in [7, 11) is 1.59. The molecule has 6 heteroatoms. The first kappa shape index (κ1) is 22.8. The number of carbonyl (C=O) groups is 1. The number of para-hydroxylation sites is 1. The highest BCUT2D eigenvalue weighted by Crippen LogP contribution is 2.32. The fraction of sp³-hybridized carbons (Fsp3) is 0.179. The number of hydrogen-bond acceptors (Lipinski definition) is 5. The molecular weight excluding hydrogens is 426 g/mol. The van der Waals surface area contributed by atoms with Gasteiger partial charge in [0.05, 0.1) is 28.6 Å².